The summed E-state index contributed by atoms with van der Waals surface area (Å²) >= 11 is 0. The lowest BCUT2D eigenvalue weighted by Gasteiger charge is -2.02. The first-order valence-corrected chi connectivity index (χ1v) is 5.20. The van der Waals surface area contributed by atoms with Gasteiger partial charge >= 0.3 is 0 Å². The Morgan fingerprint density at radius 2 is 2.19 bits per heavy atom. The van der Waals surface area contributed by atoms with Gasteiger partial charge in [-0.1, -0.05) is 18.2 Å². The fourth-order valence-electron chi connectivity index (χ4n) is 1.83. The van der Waals surface area contributed by atoms with Gasteiger partial charge in [-0.15, -0.1) is 0 Å². The lowest BCUT2D eigenvalue weighted by molar-refractivity contribution is 0.0946. The largest absolute Gasteiger partial charge is 0.395 e. The molecule has 1 aromatic heterocycles. The number of fused-ring (bicyclic) bond motifs is 1. The highest BCUT2D eigenvalue weighted by Crippen LogP contribution is 2.21. The van der Waals surface area contributed by atoms with Gasteiger partial charge in [0.1, 0.15) is 0 Å². The SMILES string of the molecule is Cc1[nH]c2ccccc2c1C(=O)NCCO. The number of aromatic nitrogens is 1. The van der Waals surface area contributed by atoms with Crippen LogP contribution in [0.15, 0.2) is 24.3 Å². The summed E-state index contributed by atoms with van der Waals surface area (Å²) in [6.45, 7) is 2.10. The maximum atomic E-state index is 11.9. The molecule has 0 aliphatic carbocycles. The molecular formula is C12H14N2O2. The van der Waals surface area contributed by atoms with Crippen LogP contribution < -0.4 is 5.32 Å². The molecule has 2 rings (SSSR count). The highest BCUT2D eigenvalue weighted by atomic mass is 16.3. The van der Waals surface area contributed by atoms with Crippen molar-refractivity contribution in [3.8, 4) is 0 Å². The van der Waals surface area contributed by atoms with E-state index in [2.05, 4.69) is 10.3 Å². The van der Waals surface area contributed by atoms with Crippen molar-refractivity contribution in [3.63, 3.8) is 0 Å². The second-order valence-corrected chi connectivity index (χ2v) is 3.65. The molecular weight excluding hydrogens is 204 g/mol. The smallest absolute Gasteiger partial charge is 0.253 e. The third-order valence-electron chi connectivity index (χ3n) is 2.52. The Morgan fingerprint density at radius 1 is 1.44 bits per heavy atom. The molecule has 0 unspecified atom stereocenters. The Morgan fingerprint density at radius 3 is 2.94 bits per heavy atom. The molecule has 1 aromatic carbocycles. The predicted molar refractivity (Wildman–Crippen MR) is 62.5 cm³/mol. The molecule has 3 N–H and O–H groups in total. The van der Waals surface area contributed by atoms with Crippen molar-refractivity contribution in [3.05, 3.63) is 35.5 Å². The molecule has 1 heterocycles. The van der Waals surface area contributed by atoms with Crippen LogP contribution in [-0.2, 0) is 0 Å². The van der Waals surface area contributed by atoms with Gasteiger partial charge in [0, 0.05) is 23.1 Å². The van der Waals surface area contributed by atoms with E-state index < -0.39 is 0 Å². The van der Waals surface area contributed by atoms with Crippen molar-refractivity contribution < 1.29 is 9.90 Å². The predicted octanol–water partition coefficient (Wildman–Crippen LogP) is 1.20. The van der Waals surface area contributed by atoms with E-state index in [4.69, 9.17) is 5.11 Å². The number of nitrogens with one attached hydrogen (secondary N) is 2. The fraction of sp³-hybridized carbons (Fsp3) is 0.250. The maximum Gasteiger partial charge on any atom is 0.253 e. The van der Waals surface area contributed by atoms with Crippen LogP contribution in [0.2, 0.25) is 0 Å². The molecule has 0 atom stereocenters. The van der Waals surface area contributed by atoms with Crippen LogP contribution in [0.3, 0.4) is 0 Å². The first kappa shape index (κ1) is 10.7. The Kier molecular flexibility index (Phi) is 2.92. The van der Waals surface area contributed by atoms with E-state index in [1.165, 1.54) is 0 Å². The highest BCUT2D eigenvalue weighted by Gasteiger charge is 2.14. The van der Waals surface area contributed by atoms with Gasteiger partial charge in [-0.25, -0.2) is 0 Å². The number of H-pyrrole nitrogens is 1. The number of aryl methyl sites for hydroxylation is 1. The third kappa shape index (κ3) is 1.79. The molecule has 16 heavy (non-hydrogen) atoms. The number of aliphatic hydroxyl groups is 1. The number of carbonyl (C=O) groups is 1. The quantitative estimate of drug-likeness (QED) is 0.724. The number of benzene rings is 1. The zero-order valence-electron chi connectivity index (χ0n) is 9.08. The first-order chi connectivity index (χ1) is 7.74. The maximum absolute atomic E-state index is 11.9. The molecule has 0 aliphatic rings. The molecule has 1 amide bonds. The van der Waals surface area contributed by atoms with E-state index >= 15 is 0 Å². The monoisotopic (exact) mass is 218 g/mol. The van der Waals surface area contributed by atoms with E-state index in [-0.39, 0.29) is 19.1 Å². The number of hydrogen-bond acceptors (Lipinski definition) is 2. The number of amides is 1. The molecule has 0 aliphatic heterocycles. The summed E-state index contributed by atoms with van der Waals surface area (Å²) in [5, 5.41) is 12.2. The molecule has 2 aromatic rings. The number of aromatic amines is 1. The van der Waals surface area contributed by atoms with Crippen LogP contribution in [-0.4, -0.2) is 29.1 Å². The van der Waals surface area contributed by atoms with Crippen LogP contribution >= 0.6 is 0 Å². The number of carbonyl (C=O) groups excluding carboxylic acids is 1. The third-order valence-corrected chi connectivity index (χ3v) is 2.52. The second kappa shape index (κ2) is 4.37. The van der Waals surface area contributed by atoms with Crippen LogP contribution in [0.4, 0.5) is 0 Å². The van der Waals surface area contributed by atoms with Crippen molar-refractivity contribution >= 4 is 16.8 Å². The van der Waals surface area contributed by atoms with Gasteiger partial charge < -0.3 is 15.4 Å². The van der Waals surface area contributed by atoms with E-state index in [0.717, 1.165) is 16.6 Å². The molecule has 4 heteroatoms. The van der Waals surface area contributed by atoms with Gasteiger partial charge in [0.05, 0.1) is 12.2 Å². The summed E-state index contributed by atoms with van der Waals surface area (Å²) in [5.74, 6) is -0.149. The average Bonchev–Trinajstić information content (AvgIpc) is 2.62. The van der Waals surface area contributed by atoms with Gasteiger partial charge in [0.25, 0.3) is 5.91 Å². The Labute approximate surface area is 93.3 Å². The fourth-order valence-corrected chi connectivity index (χ4v) is 1.83. The summed E-state index contributed by atoms with van der Waals surface area (Å²) in [6, 6.07) is 7.67. The Bertz CT molecular complexity index is 517. The summed E-state index contributed by atoms with van der Waals surface area (Å²) in [6.07, 6.45) is 0. The van der Waals surface area contributed by atoms with Crippen molar-refractivity contribution in [1.82, 2.24) is 10.3 Å². The lowest BCUT2D eigenvalue weighted by atomic mass is 10.1. The van der Waals surface area contributed by atoms with Crippen LogP contribution in [0.5, 0.6) is 0 Å². The summed E-state index contributed by atoms with van der Waals surface area (Å²) in [5.41, 5.74) is 2.45. The number of hydrogen-bond donors (Lipinski definition) is 3. The van der Waals surface area contributed by atoms with Gasteiger partial charge in [0.15, 0.2) is 0 Å². The van der Waals surface area contributed by atoms with Crippen LogP contribution in [0, 0.1) is 6.92 Å². The van der Waals surface area contributed by atoms with Crippen molar-refractivity contribution in [2.24, 2.45) is 0 Å². The van der Waals surface area contributed by atoms with E-state index in [1.807, 2.05) is 31.2 Å². The molecule has 0 saturated heterocycles. The average molecular weight is 218 g/mol. The normalized spacial score (nSPS) is 10.6. The Hall–Kier alpha value is -1.81. The van der Waals surface area contributed by atoms with E-state index in [0.29, 0.717) is 5.56 Å². The van der Waals surface area contributed by atoms with Crippen molar-refractivity contribution in [2.75, 3.05) is 13.2 Å². The first-order valence-electron chi connectivity index (χ1n) is 5.20. The lowest BCUT2D eigenvalue weighted by Crippen LogP contribution is -2.26. The van der Waals surface area contributed by atoms with Gasteiger partial charge in [-0.3, -0.25) is 4.79 Å². The molecule has 0 saturated carbocycles. The van der Waals surface area contributed by atoms with Crippen LogP contribution in [0.25, 0.3) is 10.9 Å². The summed E-state index contributed by atoms with van der Waals surface area (Å²) in [4.78, 5) is 15.0. The number of aliphatic hydroxyl groups excluding tert-OH is 1. The number of para-hydroxylation sites is 1. The van der Waals surface area contributed by atoms with E-state index in [1.54, 1.807) is 0 Å². The minimum absolute atomic E-state index is 0.0485. The van der Waals surface area contributed by atoms with Crippen molar-refractivity contribution in [1.29, 1.82) is 0 Å². The molecule has 0 fully saturated rings. The van der Waals surface area contributed by atoms with Gasteiger partial charge in [0.2, 0.25) is 0 Å². The second-order valence-electron chi connectivity index (χ2n) is 3.65. The van der Waals surface area contributed by atoms with Crippen molar-refractivity contribution in [2.45, 2.75) is 6.92 Å². The topological polar surface area (TPSA) is 65.1 Å². The zero-order chi connectivity index (χ0) is 11.5. The molecule has 0 spiro atoms. The zero-order valence-corrected chi connectivity index (χ0v) is 9.08. The minimum Gasteiger partial charge on any atom is -0.395 e. The summed E-state index contributed by atoms with van der Waals surface area (Å²) < 4.78 is 0. The number of rotatable bonds is 3. The minimum atomic E-state index is -0.149. The molecule has 0 radical (unpaired) electrons. The van der Waals surface area contributed by atoms with E-state index in [9.17, 15) is 4.79 Å². The van der Waals surface area contributed by atoms with Gasteiger partial charge in [-0.2, -0.15) is 0 Å². The van der Waals surface area contributed by atoms with Crippen LogP contribution in [0.1, 0.15) is 16.1 Å². The van der Waals surface area contributed by atoms with Gasteiger partial charge in [-0.05, 0) is 13.0 Å². The molecule has 4 nitrogen and oxygen atoms in total. The molecule has 0 bridgehead atoms. The standard InChI is InChI=1S/C12H14N2O2/c1-8-11(12(16)13-6-7-15)9-4-2-3-5-10(9)14-8/h2-5,14-15H,6-7H2,1H3,(H,13,16). The summed E-state index contributed by atoms with van der Waals surface area (Å²) in [7, 11) is 0. The highest BCUT2D eigenvalue weighted by molar-refractivity contribution is 6.08. The molecule has 84 valence electrons. The Balaban J connectivity index is 2.43.